The Bertz CT molecular complexity index is 954. The molecule has 1 saturated carbocycles. The molecule has 3 rings (SSSR count). The highest BCUT2D eigenvalue weighted by molar-refractivity contribution is 5.89. The van der Waals surface area contributed by atoms with Crippen LogP contribution in [0.5, 0.6) is 17.2 Å². The largest absolute Gasteiger partial charge is 0.474 e. The molecule has 0 bridgehead atoms. The number of carbonyl (C=O) groups is 2. The number of hydrogen-bond acceptors (Lipinski definition) is 6. The Kier molecular flexibility index (Phi) is 6.74. The van der Waals surface area contributed by atoms with Crippen LogP contribution >= 0.6 is 0 Å². The third-order valence-corrected chi connectivity index (χ3v) is 4.92. The number of nitro benzene ring substituents is 1. The number of para-hydroxylation sites is 2. The molecule has 0 saturated heterocycles. The quantitative estimate of drug-likeness (QED) is 0.468. The predicted octanol–water partition coefficient (Wildman–Crippen LogP) is 3.33. The standard InChI is InChI=1S/C22H25N3O6/c1-22(2,21(27)23-14-20(26)24-15-6-5-7-15)31-19-9-4-3-8-18(19)30-17-12-10-16(11-13-17)25(28)29/h3-4,8-13,15H,5-7,14H2,1-2H3,(H,23,27)(H,24,26). The third kappa shape index (κ3) is 5.94. The van der Waals surface area contributed by atoms with Gasteiger partial charge in [0.1, 0.15) is 5.75 Å². The number of nitrogens with zero attached hydrogens (tertiary/aromatic N) is 1. The van der Waals surface area contributed by atoms with Crippen molar-refractivity contribution in [3.63, 3.8) is 0 Å². The fourth-order valence-corrected chi connectivity index (χ4v) is 2.91. The van der Waals surface area contributed by atoms with Gasteiger partial charge in [0.2, 0.25) is 5.91 Å². The van der Waals surface area contributed by atoms with Crippen LogP contribution < -0.4 is 20.1 Å². The third-order valence-electron chi connectivity index (χ3n) is 4.92. The van der Waals surface area contributed by atoms with Crippen LogP contribution in [0.4, 0.5) is 5.69 Å². The van der Waals surface area contributed by atoms with Crippen molar-refractivity contribution in [1.82, 2.24) is 10.6 Å². The van der Waals surface area contributed by atoms with Crippen molar-refractivity contribution in [1.29, 1.82) is 0 Å². The fourth-order valence-electron chi connectivity index (χ4n) is 2.91. The molecule has 0 unspecified atom stereocenters. The van der Waals surface area contributed by atoms with Crippen LogP contribution in [0.2, 0.25) is 0 Å². The minimum absolute atomic E-state index is 0.0453. The van der Waals surface area contributed by atoms with Gasteiger partial charge in [0.15, 0.2) is 17.1 Å². The van der Waals surface area contributed by atoms with E-state index in [4.69, 9.17) is 9.47 Å². The molecule has 0 aromatic heterocycles. The van der Waals surface area contributed by atoms with Crippen LogP contribution in [0.3, 0.4) is 0 Å². The van der Waals surface area contributed by atoms with E-state index in [2.05, 4.69) is 10.6 Å². The van der Waals surface area contributed by atoms with E-state index in [1.165, 1.54) is 24.3 Å². The molecule has 2 N–H and O–H groups in total. The minimum atomic E-state index is -1.27. The monoisotopic (exact) mass is 427 g/mol. The van der Waals surface area contributed by atoms with E-state index in [-0.39, 0.29) is 24.2 Å². The lowest BCUT2D eigenvalue weighted by Gasteiger charge is -2.28. The maximum absolute atomic E-state index is 12.6. The van der Waals surface area contributed by atoms with E-state index in [9.17, 15) is 19.7 Å². The Balaban J connectivity index is 1.61. The highest BCUT2D eigenvalue weighted by atomic mass is 16.6. The van der Waals surface area contributed by atoms with Gasteiger partial charge >= 0.3 is 0 Å². The second-order valence-electron chi connectivity index (χ2n) is 7.79. The number of hydrogen-bond donors (Lipinski definition) is 2. The predicted molar refractivity (Wildman–Crippen MR) is 113 cm³/mol. The summed E-state index contributed by atoms with van der Waals surface area (Å²) in [6, 6.07) is 12.6. The Labute approximate surface area is 179 Å². The van der Waals surface area contributed by atoms with Crippen LogP contribution in [0.15, 0.2) is 48.5 Å². The lowest BCUT2D eigenvalue weighted by atomic mass is 9.93. The Morgan fingerprint density at radius 2 is 1.74 bits per heavy atom. The van der Waals surface area contributed by atoms with Gasteiger partial charge in [-0.25, -0.2) is 0 Å². The summed E-state index contributed by atoms with van der Waals surface area (Å²) in [5, 5.41) is 16.3. The zero-order valence-corrected chi connectivity index (χ0v) is 17.4. The zero-order valence-electron chi connectivity index (χ0n) is 17.4. The molecular weight excluding hydrogens is 402 g/mol. The molecule has 1 fully saturated rings. The maximum Gasteiger partial charge on any atom is 0.269 e. The van der Waals surface area contributed by atoms with E-state index in [1.807, 2.05) is 0 Å². The van der Waals surface area contributed by atoms with Crippen molar-refractivity contribution in [2.24, 2.45) is 0 Å². The van der Waals surface area contributed by atoms with Crippen LogP contribution in [0, 0.1) is 10.1 Å². The average Bonchev–Trinajstić information content (AvgIpc) is 2.70. The molecular formula is C22H25N3O6. The van der Waals surface area contributed by atoms with Crippen molar-refractivity contribution < 1.29 is 24.0 Å². The number of rotatable bonds is 9. The molecule has 0 spiro atoms. The molecule has 9 heteroatoms. The van der Waals surface area contributed by atoms with Crippen LogP contribution in [-0.4, -0.2) is 34.9 Å². The highest BCUT2D eigenvalue weighted by Gasteiger charge is 2.31. The minimum Gasteiger partial charge on any atom is -0.474 e. The normalized spacial score (nSPS) is 13.6. The van der Waals surface area contributed by atoms with Gasteiger partial charge in [-0.2, -0.15) is 0 Å². The molecule has 2 amide bonds. The van der Waals surface area contributed by atoms with Gasteiger partial charge in [-0.15, -0.1) is 0 Å². The summed E-state index contributed by atoms with van der Waals surface area (Å²) < 4.78 is 11.7. The Morgan fingerprint density at radius 3 is 2.32 bits per heavy atom. The molecule has 0 aliphatic heterocycles. The molecule has 0 heterocycles. The molecule has 0 atom stereocenters. The zero-order chi connectivity index (χ0) is 22.4. The molecule has 2 aromatic carbocycles. The number of non-ortho nitro benzene ring substituents is 1. The first-order valence-corrected chi connectivity index (χ1v) is 10.0. The molecule has 31 heavy (non-hydrogen) atoms. The van der Waals surface area contributed by atoms with Gasteiger partial charge in [0, 0.05) is 18.2 Å². The number of nitro groups is 1. The Hall–Kier alpha value is -3.62. The van der Waals surface area contributed by atoms with Gasteiger partial charge in [0.25, 0.3) is 11.6 Å². The van der Waals surface area contributed by atoms with Gasteiger partial charge in [-0.05, 0) is 57.4 Å². The first-order valence-electron chi connectivity index (χ1n) is 10.0. The van der Waals surface area contributed by atoms with Crippen LogP contribution in [-0.2, 0) is 9.59 Å². The first kappa shape index (κ1) is 22.1. The molecule has 9 nitrogen and oxygen atoms in total. The number of amides is 2. The summed E-state index contributed by atoms with van der Waals surface area (Å²) in [6.45, 7) is 3.06. The summed E-state index contributed by atoms with van der Waals surface area (Å²) in [6.07, 6.45) is 3.05. The number of nitrogens with one attached hydrogen (secondary N) is 2. The Morgan fingerprint density at radius 1 is 1.10 bits per heavy atom. The van der Waals surface area contributed by atoms with E-state index in [0.29, 0.717) is 17.2 Å². The number of ether oxygens (including phenoxy) is 2. The summed E-state index contributed by atoms with van der Waals surface area (Å²) in [5.41, 5.74) is -1.32. The second-order valence-corrected chi connectivity index (χ2v) is 7.79. The molecule has 1 aliphatic rings. The van der Waals surface area contributed by atoms with E-state index >= 15 is 0 Å². The summed E-state index contributed by atoms with van der Waals surface area (Å²) in [4.78, 5) is 34.8. The van der Waals surface area contributed by atoms with Crippen molar-refractivity contribution in [3.05, 3.63) is 58.6 Å². The van der Waals surface area contributed by atoms with Crippen molar-refractivity contribution >= 4 is 17.5 Å². The number of benzene rings is 2. The van der Waals surface area contributed by atoms with Crippen molar-refractivity contribution in [2.45, 2.75) is 44.8 Å². The maximum atomic E-state index is 12.6. The topological polar surface area (TPSA) is 120 Å². The average molecular weight is 427 g/mol. The lowest BCUT2D eigenvalue weighted by Crippen LogP contribution is -2.51. The fraction of sp³-hybridized carbons (Fsp3) is 0.364. The van der Waals surface area contributed by atoms with Gasteiger partial charge < -0.3 is 20.1 Å². The summed E-state index contributed by atoms with van der Waals surface area (Å²) in [7, 11) is 0. The van der Waals surface area contributed by atoms with Crippen molar-refractivity contribution in [2.75, 3.05) is 6.54 Å². The molecule has 164 valence electrons. The summed E-state index contributed by atoms with van der Waals surface area (Å²) >= 11 is 0. The van der Waals surface area contributed by atoms with Crippen LogP contribution in [0.1, 0.15) is 33.1 Å². The summed E-state index contributed by atoms with van der Waals surface area (Å²) in [5.74, 6) is 0.383. The smallest absolute Gasteiger partial charge is 0.269 e. The van der Waals surface area contributed by atoms with E-state index < -0.39 is 16.4 Å². The van der Waals surface area contributed by atoms with Crippen LogP contribution in [0.25, 0.3) is 0 Å². The lowest BCUT2D eigenvalue weighted by molar-refractivity contribution is -0.384. The SMILES string of the molecule is CC(C)(Oc1ccccc1Oc1ccc([N+](=O)[O-])cc1)C(=O)NCC(=O)NC1CCC1. The van der Waals surface area contributed by atoms with Gasteiger partial charge in [-0.3, -0.25) is 19.7 Å². The highest BCUT2D eigenvalue weighted by Crippen LogP contribution is 2.34. The van der Waals surface area contributed by atoms with Crippen molar-refractivity contribution in [3.8, 4) is 17.2 Å². The first-order chi connectivity index (χ1) is 14.7. The van der Waals surface area contributed by atoms with E-state index in [1.54, 1.807) is 38.1 Å². The van der Waals surface area contributed by atoms with Gasteiger partial charge in [0.05, 0.1) is 11.5 Å². The molecule has 0 radical (unpaired) electrons. The van der Waals surface area contributed by atoms with E-state index in [0.717, 1.165) is 19.3 Å². The van der Waals surface area contributed by atoms with Gasteiger partial charge in [-0.1, -0.05) is 12.1 Å². The number of carbonyl (C=O) groups excluding carboxylic acids is 2. The second kappa shape index (κ2) is 9.46. The molecule has 1 aliphatic carbocycles. The molecule has 2 aromatic rings.